The zero-order valence-corrected chi connectivity index (χ0v) is 18.4. The second-order valence-corrected chi connectivity index (χ2v) is 10.4. The summed E-state index contributed by atoms with van der Waals surface area (Å²) in [6.07, 6.45) is 3.76. The van der Waals surface area contributed by atoms with Gasteiger partial charge in [0.1, 0.15) is 5.82 Å². The number of fused-ring (bicyclic) bond motifs is 1. The lowest BCUT2D eigenvalue weighted by Crippen LogP contribution is -2.19. The Kier molecular flexibility index (Phi) is 7.15. The Balaban J connectivity index is 1.45. The lowest BCUT2D eigenvalue weighted by molar-refractivity contribution is 0.0178. The molecule has 2 aromatic rings. The maximum atomic E-state index is 9.68. The van der Waals surface area contributed by atoms with Gasteiger partial charge >= 0.3 is 0 Å². The maximum absolute atomic E-state index is 9.68. The molecule has 3 atom stereocenters. The zero-order valence-electron chi connectivity index (χ0n) is 15.8. The van der Waals surface area contributed by atoms with Gasteiger partial charge in [-0.15, -0.1) is 0 Å². The van der Waals surface area contributed by atoms with E-state index in [0.717, 1.165) is 61.1 Å². The number of nitrogens with zero attached hydrogens (tertiary/aromatic N) is 3. The molecular weight excluding hydrogens is 436 g/mol. The van der Waals surface area contributed by atoms with Crippen molar-refractivity contribution < 1.29 is 23.9 Å². The number of hydrogen-bond donors (Lipinski definition) is 3. The van der Waals surface area contributed by atoms with Crippen molar-refractivity contribution in [1.29, 1.82) is 0 Å². The summed E-state index contributed by atoms with van der Waals surface area (Å²) in [6.45, 7) is 2.21. The number of anilines is 1. The maximum Gasteiger partial charge on any atom is 0.224 e. The van der Waals surface area contributed by atoms with Crippen LogP contribution < -0.4 is 4.90 Å². The van der Waals surface area contributed by atoms with Gasteiger partial charge in [0.25, 0.3) is 0 Å². The van der Waals surface area contributed by atoms with Crippen molar-refractivity contribution in [2.45, 2.75) is 37.9 Å². The van der Waals surface area contributed by atoms with Crippen LogP contribution in [0.3, 0.4) is 0 Å². The number of aromatic nitrogens is 2. The predicted molar refractivity (Wildman–Crippen MR) is 114 cm³/mol. The number of benzene rings is 1. The molecule has 0 saturated carbocycles. The quantitative estimate of drug-likeness (QED) is 0.425. The standard InChI is InChI=1S/C18H24ClN3O5P2/c19-18-20-15-9-12(3-5-14(15)17(21-18)22-7-1-2-8-22)16-6-4-13(27-16)10-26-29(25)11-28(23)24/h3,5,9,13,16,23-25H,1-2,4,6-8,10-11H2. The van der Waals surface area contributed by atoms with Gasteiger partial charge in [-0.3, -0.25) is 0 Å². The summed E-state index contributed by atoms with van der Waals surface area (Å²) < 4.78 is 11.4. The van der Waals surface area contributed by atoms with E-state index in [9.17, 15) is 4.89 Å². The van der Waals surface area contributed by atoms with Gasteiger partial charge in [0.15, 0.2) is 16.8 Å². The Morgan fingerprint density at radius 2 is 1.97 bits per heavy atom. The van der Waals surface area contributed by atoms with Gasteiger partial charge in [-0.2, -0.15) is 4.98 Å². The lowest BCUT2D eigenvalue weighted by atomic mass is 10.0. The number of rotatable bonds is 7. The number of ether oxygens (including phenoxy) is 1. The molecule has 2 aliphatic heterocycles. The van der Waals surface area contributed by atoms with E-state index in [1.807, 2.05) is 12.1 Å². The Labute approximate surface area is 176 Å². The average molecular weight is 460 g/mol. The molecule has 29 heavy (non-hydrogen) atoms. The third kappa shape index (κ3) is 5.33. The monoisotopic (exact) mass is 459 g/mol. The molecule has 11 heteroatoms. The minimum atomic E-state index is -2.15. The highest BCUT2D eigenvalue weighted by molar-refractivity contribution is 7.63. The molecule has 158 valence electrons. The van der Waals surface area contributed by atoms with Gasteiger partial charge in [-0.25, -0.2) is 4.98 Å². The second-order valence-electron chi connectivity index (χ2n) is 7.27. The van der Waals surface area contributed by atoms with E-state index in [1.165, 1.54) is 0 Å². The van der Waals surface area contributed by atoms with Crippen molar-refractivity contribution in [3.8, 4) is 0 Å². The fourth-order valence-corrected chi connectivity index (χ4v) is 5.57. The van der Waals surface area contributed by atoms with Gasteiger partial charge in [0.05, 0.1) is 30.2 Å². The summed E-state index contributed by atoms with van der Waals surface area (Å²) >= 11 is 6.19. The minimum absolute atomic E-state index is 0.0743. The van der Waals surface area contributed by atoms with Gasteiger partial charge in [-0.1, -0.05) is 6.07 Å². The Morgan fingerprint density at radius 3 is 2.72 bits per heavy atom. The third-order valence-electron chi connectivity index (χ3n) is 5.22. The van der Waals surface area contributed by atoms with Crippen LogP contribution in [0.1, 0.15) is 37.4 Å². The molecule has 0 bridgehead atoms. The molecule has 3 N–H and O–H groups in total. The molecule has 1 aromatic carbocycles. The minimum Gasteiger partial charge on any atom is -0.368 e. The Morgan fingerprint density at radius 1 is 1.17 bits per heavy atom. The van der Waals surface area contributed by atoms with E-state index in [2.05, 4.69) is 20.9 Å². The van der Waals surface area contributed by atoms with E-state index >= 15 is 0 Å². The van der Waals surface area contributed by atoms with Gasteiger partial charge in [-0.05, 0) is 55.0 Å². The molecule has 2 saturated heterocycles. The van der Waals surface area contributed by atoms with Crippen molar-refractivity contribution in [3.05, 3.63) is 29.0 Å². The highest BCUT2D eigenvalue weighted by Crippen LogP contribution is 2.45. The second kappa shape index (κ2) is 9.63. The first-order valence-corrected chi connectivity index (χ1v) is 12.8. The molecule has 1 aromatic heterocycles. The highest BCUT2D eigenvalue weighted by Gasteiger charge is 2.28. The van der Waals surface area contributed by atoms with Crippen molar-refractivity contribution in [3.63, 3.8) is 0 Å². The van der Waals surface area contributed by atoms with Crippen molar-refractivity contribution in [1.82, 2.24) is 9.97 Å². The molecule has 0 spiro atoms. The molecule has 2 fully saturated rings. The van der Waals surface area contributed by atoms with Gasteiger partial charge in [0.2, 0.25) is 5.28 Å². The lowest BCUT2D eigenvalue weighted by Gasteiger charge is -2.19. The summed E-state index contributed by atoms with van der Waals surface area (Å²) in [6, 6.07) is 6.11. The summed E-state index contributed by atoms with van der Waals surface area (Å²) in [5, 5.41) is 1.24. The number of halogens is 1. The molecule has 0 aliphatic carbocycles. The molecule has 0 amide bonds. The van der Waals surface area contributed by atoms with E-state index in [-0.39, 0.29) is 30.0 Å². The van der Waals surface area contributed by atoms with Crippen LogP contribution in [-0.2, 0) is 9.26 Å². The third-order valence-corrected chi connectivity index (χ3v) is 7.81. The van der Waals surface area contributed by atoms with Crippen molar-refractivity contribution >= 4 is 45.1 Å². The summed E-state index contributed by atoms with van der Waals surface area (Å²) in [7, 11) is -3.98. The molecule has 4 rings (SSSR count). The van der Waals surface area contributed by atoms with Crippen LogP contribution in [0.2, 0.25) is 5.28 Å². The smallest absolute Gasteiger partial charge is 0.224 e. The Hall–Kier alpha value is -0.690. The van der Waals surface area contributed by atoms with Crippen LogP contribution in [0.15, 0.2) is 18.2 Å². The summed E-state index contributed by atoms with van der Waals surface area (Å²) in [5.74, 6) is 0.775. The van der Waals surface area contributed by atoms with Crippen LogP contribution in [0.5, 0.6) is 0 Å². The van der Waals surface area contributed by atoms with E-state index in [1.54, 1.807) is 0 Å². The first-order valence-electron chi connectivity index (χ1n) is 9.62. The average Bonchev–Trinajstić information content (AvgIpc) is 3.37. The molecule has 2 aliphatic rings. The molecule has 8 nitrogen and oxygen atoms in total. The molecule has 0 radical (unpaired) electrons. The predicted octanol–water partition coefficient (Wildman–Crippen LogP) is 3.68. The van der Waals surface area contributed by atoms with Crippen LogP contribution in [-0.4, -0.2) is 56.4 Å². The molecule has 3 unspecified atom stereocenters. The summed E-state index contributed by atoms with van der Waals surface area (Å²) in [5.41, 5.74) is 1.84. The largest absolute Gasteiger partial charge is 0.368 e. The number of hydrogen-bond acceptors (Lipinski definition) is 8. The fraction of sp³-hybridized carbons (Fsp3) is 0.556. The van der Waals surface area contributed by atoms with E-state index in [0.29, 0.717) is 0 Å². The first-order chi connectivity index (χ1) is 14.0. The SMILES string of the molecule is OP(O)CP(O)OCC1CCC(c2ccc3c(N4CCCC4)nc(Cl)nc3c2)O1. The normalized spacial score (nSPS) is 23.4. The van der Waals surface area contributed by atoms with Crippen molar-refractivity contribution in [2.75, 3.05) is 30.5 Å². The topological polar surface area (TPSA) is 108 Å². The van der Waals surface area contributed by atoms with Crippen molar-refractivity contribution in [2.24, 2.45) is 0 Å². The first kappa shape index (κ1) is 21.5. The van der Waals surface area contributed by atoms with Crippen LogP contribution in [0.25, 0.3) is 10.9 Å². The molecule has 3 heterocycles. The Bertz CT molecular complexity index is 856. The van der Waals surface area contributed by atoms with Crippen LogP contribution in [0.4, 0.5) is 5.82 Å². The van der Waals surface area contributed by atoms with Crippen LogP contribution >= 0.6 is 28.4 Å². The summed E-state index contributed by atoms with van der Waals surface area (Å²) in [4.78, 5) is 38.7. The zero-order chi connectivity index (χ0) is 20.4. The van der Waals surface area contributed by atoms with Gasteiger partial charge < -0.3 is 28.8 Å². The van der Waals surface area contributed by atoms with Gasteiger partial charge in [0, 0.05) is 18.5 Å². The molecular formula is C18H24ClN3O5P2. The van der Waals surface area contributed by atoms with Crippen LogP contribution in [0, 0.1) is 0 Å². The fourth-order valence-electron chi connectivity index (χ4n) is 3.86. The van der Waals surface area contributed by atoms with E-state index in [4.69, 9.17) is 30.6 Å². The van der Waals surface area contributed by atoms with E-state index < -0.39 is 16.8 Å². The highest BCUT2D eigenvalue weighted by atomic mass is 35.5.